The molecule has 1 aliphatic heterocycles. The Morgan fingerprint density at radius 2 is 1.46 bits per heavy atom. The van der Waals surface area contributed by atoms with Gasteiger partial charge in [0.05, 0.1) is 10.4 Å². The Kier molecular flexibility index (Phi) is 6.87. The fourth-order valence-electron chi connectivity index (χ4n) is 4.56. The number of rotatable bonds is 6. The Morgan fingerprint density at radius 1 is 0.846 bits per heavy atom. The lowest BCUT2D eigenvalue weighted by atomic mass is 9.97. The SMILES string of the molecule is O=C(Cn1nnc2ccccc21)NN1C(=O)C(=C(c2ccccc2)c2ccccc2)SC1c1ccccc1Cl. The number of carbonyl (C=O) groups excluding carboxylic acids is 2. The number of benzene rings is 4. The largest absolute Gasteiger partial charge is 0.280 e. The maximum absolute atomic E-state index is 14.1. The van der Waals surface area contributed by atoms with E-state index < -0.39 is 11.3 Å². The Hall–Kier alpha value is -4.40. The van der Waals surface area contributed by atoms with Gasteiger partial charge in [0.25, 0.3) is 11.8 Å². The van der Waals surface area contributed by atoms with Crippen molar-refractivity contribution in [3.63, 3.8) is 0 Å². The number of thioether (sulfide) groups is 1. The highest BCUT2D eigenvalue weighted by Gasteiger charge is 2.41. The monoisotopic (exact) mass is 551 g/mol. The van der Waals surface area contributed by atoms with Crippen LogP contribution in [-0.2, 0) is 16.1 Å². The molecule has 2 amide bonds. The molecule has 192 valence electrons. The first-order chi connectivity index (χ1) is 19.1. The van der Waals surface area contributed by atoms with E-state index in [2.05, 4.69) is 15.7 Å². The lowest BCUT2D eigenvalue weighted by Crippen LogP contribution is -2.45. The summed E-state index contributed by atoms with van der Waals surface area (Å²) in [7, 11) is 0. The second kappa shape index (κ2) is 10.8. The second-order valence-electron chi connectivity index (χ2n) is 8.87. The van der Waals surface area contributed by atoms with Crippen LogP contribution in [-0.4, -0.2) is 31.8 Å². The number of hydrogen-bond donors (Lipinski definition) is 1. The Bertz CT molecular complexity index is 1660. The third kappa shape index (κ3) is 4.92. The topological polar surface area (TPSA) is 80.1 Å². The van der Waals surface area contributed by atoms with Gasteiger partial charge in [-0.2, -0.15) is 0 Å². The number of nitrogens with zero attached hydrogens (tertiary/aromatic N) is 4. The Labute approximate surface area is 234 Å². The van der Waals surface area contributed by atoms with Gasteiger partial charge in [-0.05, 0) is 29.3 Å². The van der Waals surface area contributed by atoms with E-state index in [4.69, 9.17) is 11.6 Å². The lowest BCUT2D eigenvalue weighted by molar-refractivity contribution is -0.138. The van der Waals surface area contributed by atoms with E-state index in [1.54, 1.807) is 6.07 Å². The first-order valence-corrected chi connectivity index (χ1v) is 13.5. The first-order valence-electron chi connectivity index (χ1n) is 12.3. The fourth-order valence-corrected chi connectivity index (χ4v) is 6.23. The first kappa shape index (κ1) is 24.9. The summed E-state index contributed by atoms with van der Waals surface area (Å²) in [5, 5.41) is 9.53. The van der Waals surface area contributed by atoms with Gasteiger partial charge < -0.3 is 0 Å². The van der Waals surface area contributed by atoms with Crippen LogP contribution in [0.2, 0.25) is 5.02 Å². The summed E-state index contributed by atoms with van der Waals surface area (Å²) in [6.07, 6.45) is 0. The summed E-state index contributed by atoms with van der Waals surface area (Å²) in [5.74, 6) is -0.719. The van der Waals surface area contributed by atoms with Crippen LogP contribution < -0.4 is 5.43 Å². The van der Waals surface area contributed by atoms with Crippen LogP contribution in [0.1, 0.15) is 22.1 Å². The second-order valence-corrected chi connectivity index (χ2v) is 10.4. The van der Waals surface area contributed by atoms with Crippen molar-refractivity contribution >= 4 is 51.8 Å². The highest BCUT2D eigenvalue weighted by Crippen LogP contribution is 2.50. The van der Waals surface area contributed by atoms with Crippen LogP contribution in [0, 0.1) is 0 Å². The van der Waals surface area contributed by atoms with Crippen molar-refractivity contribution < 1.29 is 9.59 Å². The number of fused-ring (bicyclic) bond motifs is 1. The molecule has 1 N–H and O–H groups in total. The van der Waals surface area contributed by atoms with Gasteiger partial charge in [-0.25, -0.2) is 9.69 Å². The van der Waals surface area contributed by atoms with Crippen molar-refractivity contribution in [3.8, 4) is 0 Å². The molecule has 6 rings (SSSR count). The molecule has 9 heteroatoms. The van der Waals surface area contributed by atoms with Crippen molar-refractivity contribution in [1.82, 2.24) is 25.4 Å². The number of hydrazine groups is 1. The summed E-state index contributed by atoms with van der Waals surface area (Å²) in [5.41, 5.74) is 7.58. The summed E-state index contributed by atoms with van der Waals surface area (Å²) in [4.78, 5) is 27.9. The van der Waals surface area contributed by atoms with Crippen LogP contribution in [0.5, 0.6) is 0 Å². The van der Waals surface area contributed by atoms with E-state index in [1.165, 1.54) is 21.5 Å². The van der Waals surface area contributed by atoms with Gasteiger partial charge in [0.15, 0.2) is 0 Å². The van der Waals surface area contributed by atoms with Crippen LogP contribution >= 0.6 is 23.4 Å². The van der Waals surface area contributed by atoms with Gasteiger partial charge in [-0.1, -0.05) is 120 Å². The van der Waals surface area contributed by atoms with Gasteiger partial charge in [-0.15, -0.1) is 5.10 Å². The van der Waals surface area contributed by atoms with E-state index >= 15 is 0 Å². The maximum Gasteiger partial charge on any atom is 0.280 e. The van der Waals surface area contributed by atoms with Crippen molar-refractivity contribution in [2.45, 2.75) is 11.9 Å². The van der Waals surface area contributed by atoms with Crippen LogP contribution in [0.4, 0.5) is 0 Å². The minimum Gasteiger partial charge on any atom is -0.271 e. The summed E-state index contributed by atoms with van der Waals surface area (Å²) >= 11 is 7.96. The van der Waals surface area contributed by atoms with Crippen LogP contribution in [0.3, 0.4) is 0 Å². The van der Waals surface area contributed by atoms with Crippen LogP contribution in [0.15, 0.2) is 114 Å². The standard InChI is InChI=1S/C30H22ClN5O2S/c31-23-16-8-7-15-22(23)30-36(33-26(37)19-35-25-18-10-9-17-24(25)32-34-35)29(38)28(39-30)27(20-11-3-1-4-12-20)21-13-5-2-6-14-21/h1-18,30H,19H2,(H,33,37). The van der Waals surface area contributed by atoms with Crippen LogP contribution in [0.25, 0.3) is 16.6 Å². The summed E-state index contributed by atoms with van der Waals surface area (Å²) < 4.78 is 1.51. The van der Waals surface area contributed by atoms with Gasteiger partial charge >= 0.3 is 0 Å². The molecule has 39 heavy (non-hydrogen) atoms. The molecular weight excluding hydrogens is 530 g/mol. The van der Waals surface area contributed by atoms with Gasteiger partial charge in [0, 0.05) is 16.2 Å². The number of halogens is 1. The van der Waals surface area contributed by atoms with Crippen molar-refractivity contribution in [1.29, 1.82) is 0 Å². The fraction of sp³-hybridized carbons (Fsp3) is 0.0667. The number of nitrogens with one attached hydrogen (secondary N) is 1. The average molecular weight is 552 g/mol. The van der Waals surface area contributed by atoms with Crippen molar-refractivity contribution in [3.05, 3.63) is 136 Å². The van der Waals surface area contributed by atoms with Crippen molar-refractivity contribution in [2.75, 3.05) is 0 Å². The minimum atomic E-state index is -0.569. The number of hydrogen-bond acceptors (Lipinski definition) is 5. The summed E-state index contributed by atoms with van der Waals surface area (Å²) in [6, 6.07) is 34.3. The molecule has 7 nitrogen and oxygen atoms in total. The molecule has 0 bridgehead atoms. The minimum absolute atomic E-state index is 0.104. The molecule has 1 atom stereocenters. The van der Waals surface area contributed by atoms with E-state index in [-0.39, 0.29) is 12.5 Å². The number of amides is 2. The zero-order valence-electron chi connectivity index (χ0n) is 20.6. The predicted molar refractivity (Wildman–Crippen MR) is 153 cm³/mol. The highest BCUT2D eigenvalue weighted by atomic mass is 35.5. The third-order valence-electron chi connectivity index (χ3n) is 6.36. The molecule has 1 unspecified atom stereocenters. The maximum atomic E-state index is 14.1. The zero-order valence-corrected chi connectivity index (χ0v) is 22.1. The molecule has 1 fully saturated rings. The molecule has 1 aliphatic rings. The molecule has 4 aromatic carbocycles. The predicted octanol–water partition coefficient (Wildman–Crippen LogP) is 5.85. The molecule has 1 aromatic heterocycles. The van der Waals surface area contributed by atoms with E-state index in [1.807, 2.05) is 103 Å². The van der Waals surface area contributed by atoms with Gasteiger partial charge in [-0.3, -0.25) is 15.0 Å². The highest BCUT2D eigenvalue weighted by molar-refractivity contribution is 8.04. The molecule has 1 saturated heterocycles. The molecule has 0 saturated carbocycles. The molecule has 2 heterocycles. The summed E-state index contributed by atoms with van der Waals surface area (Å²) in [6.45, 7) is -0.104. The Balaban J connectivity index is 1.41. The smallest absolute Gasteiger partial charge is 0.271 e. The number of aromatic nitrogens is 3. The van der Waals surface area contributed by atoms with Gasteiger partial charge in [0.2, 0.25) is 0 Å². The molecule has 5 aromatic rings. The molecular formula is C30H22ClN5O2S. The average Bonchev–Trinajstić information content (AvgIpc) is 3.51. The van der Waals surface area contributed by atoms with E-state index in [9.17, 15) is 9.59 Å². The third-order valence-corrected chi connectivity index (χ3v) is 8.01. The lowest BCUT2D eigenvalue weighted by Gasteiger charge is -2.24. The van der Waals surface area contributed by atoms with E-state index in [0.717, 1.165) is 27.8 Å². The number of carbonyl (C=O) groups is 2. The quantitative estimate of drug-likeness (QED) is 0.268. The normalized spacial score (nSPS) is 15.1. The molecule has 0 spiro atoms. The van der Waals surface area contributed by atoms with Gasteiger partial charge in [0.1, 0.15) is 17.4 Å². The Morgan fingerprint density at radius 3 is 2.15 bits per heavy atom. The molecule has 0 aliphatic carbocycles. The zero-order chi connectivity index (χ0) is 26.8. The molecule has 0 radical (unpaired) electrons. The van der Waals surface area contributed by atoms with Crippen molar-refractivity contribution in [2.24, 2.45) is 0 Å². The number of para-hydroxylation sites is 1. The van der Waals surface area contributed by atoms with E-state index in [0.29, 0.717) is 15.4 Å².